The van der Waals surface area contributed by atoms with Gasteiger partial charge in [-0.25, -0.2) is 0 Å². The molecule has 82 valence electrons. The lowest BCUT2D eigenvalue weighted by atomic mass is 10.9. The molecule has 0 N–H and O–H groups in total. The third-order valence-electron chi connectivity index (χ3n) is 1.92. The van der Waals surface area contributed by atoms with E-state index < -0.39 is 37.1 Å². The molecule has 3 rings (SSSR count). The normalized spacial score (nSPS) is 49.5. The largest absolute Gasteiger partial charge is 0.481 e. The van der Waals surface area contributed by atoms with Gasteiger partial charge in [-0.3, -0.25) is 0 Å². The fourth-order valence-corrected chi connectivity index (χ4v) is 14.0. The zero-order chi connectivity index (χ0) is 10.2. The Bertz CT molecular complexity index is 222. The van der Waals surface area contributed by atoms with Crippen molar-refractivity contribution in [2.45, 2.75) is 20.0 Å². The molecular formula is C4H14O6Si4. The number of rotatable bonds is 2. The molecule has 0 amide bonds. The van der Waals surface area contributed by atoms with Gasteiger partial charge in [0.2, 0.25) is 0 Å². The van der Waals surface area contributed by atoms with Crippen LogP contribution in [0.2, 0.25) is 13.1 Å². The molecule has 0 aromatic carbocycles. The Hall–Kier alpha value is 0.628. The van der Waals surface area contributed by atoms with Crippen molar-refractivity contribution in [3.8, 4) is 0 Å². The Balaban J connectivity index is 2.02. The standard InChI is InChI=1S/C4H14O6Si4/c1-4-5-13(2)7-11-6-12-8-14(3,9-12)10-13/h12H,4,11H2,1-3H3. The van der Waals surface area contributed by atoms with Crippen LogP contribution in [-0.2, 0) is 25.0 Å². The lowest BCUT2D eigenvalue weighted by Gasteiger charge is -2.46. The second-order valence-electron chi connectivity index (χ2n) is 3.21. The van der Waals surface area contributed by atoms with Crippen molar-refractivity contribution in [1.29, 1.82) is 0 Å². The van der Waals surface area contributed by atoms with Crippen molar-refractivity contribution in [3.05, 3.63) is 0 Å². The Morgan fingerprint density at radius 3 is 2.71 bits per heavy atom. The minimum absolute atomic E-state index is 0.572. The average Bonchev–Trinajstić information content (AvgIpc) is 1.98. The molecule has 0 radical (unpaired) electrons. The lowest BCUT2D eigenvalue weighted by molar-refractivity contribution is 0.0561. The van der Waals surface area contributed by atoms with Crippen molar-refractivity contribution in [2.24, 2.45) is 0 Å². The molecule has 0 aromatic rings. The maximum atomic E-state index is 5.75. The Morgan fingerprint density at radius 2 is 2.07 bits per heavy atom. The third kappa shape index (κ3) is 2.24. The van der Waals surface area contributed by atoms with E-state index in [9.17, 15) is 0 Å². The van der Waals surface area contributed by atoms with Gasteiger partial charge in [0.25, 0.3) is 10.0 Å². The van der Waals surface area contributed by atoms with Gasteiger partial charge in [0.05, 0.1) is 0 Å². The van der Waals surface area contributed by atoms with Crippen LogP contribution >= 0.6 is 0 Å². The minimum atomic E-state index is -2.55. The topological polar surface area (TPSA) is 55.4 Å². The SMILES string of the molecule is CCO[Si]1(C)O[SiH2]O[SiH]2O[Si](C)(O2)O1. The molecule has 3 saturated heterocycles. The van der Waals surface area contributed by atoms with E-state index in [0.29, 0.717) is 6.61 Å². The number of hydrogen-bond acceptors (Lipinski definition) is 6. The summed E-state index contributed by atoms with van der Waals surface area (Å²) in [6.45, 7) is 6.19. The molecule has 0 aliphatic carbocycles. The van der Waals surface area contributed by atoms with Gasteiger partial charge in [-0.05, 0) is 6.92 Å². The maximum Gasteiger partial charge on any atom is 0.481 e. The van der Waals surface area contributed by atoms with Gasteiger partial charge in [0, 0.05) is 19.7 Å². The van der Waals surface area contributed by atoms with E-state index in [-0.39, 0.29) is 0 Å². The van der Waals surface area contributed by atoms with E-state index in [1.807, 2.05) is 20.0 Å². The fourth-order valence-electron chi connectivity index (χ4n) is 1.37. The summed E-state index contributed by atoms with van der Waals surface area (Å²) in [6.07, 6.45) is 0. The first-order valence-corrected chi connectivity index (χ1v) is 11.5. The zero-order valence-electron chi connectivity index (χ0n) is 8.44. The average molecular weight is 270 g/mol. The van der Waals surface area contributed by atoms with Crippen molar-refractivity contribution in [3.63, 3.8) is 0 Å². The molecule has 0 saturated carbocycles. The second-order valence-corrected chi connectivity index (χ2v) is 13.0. The molecule has 1 atom stereocenters. The van der Waals surface area contributed by atoms with Crippen LogP contribution in [0.4, 0.5) is 0 Å². The molecule has 6 nitrogen and oxygen atoms in total. The van der Waals surface area contributed by atoms with Crippen LogP contribution < -0.4 is 0 Å². The van der Waals surface area contributed by atoms with Crippen LogP contribution in [0.15, 0.2) is 0 Å². The Labute approximate surface area is 89.2 Å². The van der Waals surface area contributed by atoms with Crippen LogP contribution in [0.25, 0.3) is 0 Å². The second kappa shape index (κ2) is 3.89. The minimum Gasteiger partial charge on any atom is -0.401 e. The summed E-state index contributed by atoms with van der Waals surface area (Å²) < 4.78 is 33.3. The molecular weight excluding hydrogens is 256 g/mol. The summed E-state index contributed by atoms with van der Waals surface area (Å²) >= 11 is 0. The molecule has 3 aliphatic heterocycles. The number of fused-ring (bicyclic) bond motifs is 4. The van der Waals surface area contributed by atoms with E-state index in [2.05, 4.69) is 0 Å². The van der Waals surface area contributed by atoms with E-state index in [1.165, 1.54) is 0 Å². The van der Waals surface area contributed by atoms with Gasteiger partial charge in [0.15, 0.2) is 0 Å². The monoisotopic (exact) mass is 270 g/mol. The summed E-state index contributed by atoms with van der Waals surface area (Å²) in [6, 6.07) is 0. The summed E-state index contributed by atoms with van der Waals surface area (Å²) in [5, 5.41) is 0. The quantitative estimate of drug-likeness (QED) is 0.599. The van der Waals surface area contributed by atoms with Crippen LogP contribution in [0.1, 0.15) is 6.92 Å². The van der Waals surface area contributed by atoms with Crippen molar-refractivity contribution >= 4 is 37.1 Å². The first kappa shape index (κ1) is 11.1. The van der Waals surface area contributed by atoms with E-state index >= 15 is 0 Å². The van der Waals surface area contributed by atoms with Crippen molar-refractivity contribution < 1.29 is 25.0 Å². The van der Waals surface area contributed by atoms with Crippen LogP contribution in [0.5, 0.6) is 0 Å². The molecule has 14 heavy (non-hydrogen) atoms. The lowest BCUT2D eigenvalue weighted by Crippen LogP contribution is -2.70. The number of hydrogen-bond donors (Lipinski definition) is 0. The molecule has 0 aromatic heterocycles. The summed E-state index contributed by atoms with van der Waals surface area (Å²) in [7, 11) is -7.87. The highest BCUT2D eigenvalue weighted by Gasteiger charge is 2.59. The predicted molar refractivity (Wildman–Crippen MR) is 56.0 cm³/mol. The zero-order valence-corrected chi connectivity index (χ0v) is 13.0. The van der Waals surface area contributed by atoms with Crippen molar-refractivity contribution in [1.82, 2.24) is 0 Å². The Morgan fingerprint density at radius 1 is 1.36 bits per heavy atom. The molecule has 3 fully saturated rings. The first-order valence-electron chi connectivity index (χ1n) is 4.50. The molecule has 10 heteroatoms. The highest BCUT2D eigenvalue weighted by atomic mass is 28.6. The van der Waals surface area contributed by atoms with E-state index in [1.54, 1.807) is 0 Å². The van der Waals surface area contributed by atoms with Crippen LogP contribution in [0, 0.1) is 0 Å². The fraction of sp³-hybridized carbons (Fsp3) is 1.00. The molecule has 2 bridgehead atoms. The van der Waals surface area contributed by atoms with Gasteiger partial charge in [-0.2, -0.15) is 0 Å². The highest BCUT2D eigenvalue weighted by molar-refractivity contribution is 6.87. The van der Waals surface area contributed by atoms with E-state index in [4.69, 9.17) is 25.0 Å². The molecule has 3 aliphatic rings. The highest BCUT2D eigenvalue weighted by Crippen LogP contribution is 2.29. The molecule has 1 unspecified atom stereocenters. The van der Waals surface area contributed by atoms with E-state index in [0.717, 1.165) is 0 Å². The smallest absolute Gasteiger partial charge is 0.401 e. The van der Waals surface area contributed by atoms with Gasteiger partial charge >= 0.3 is 27.1 Å². The van der Waals surface area contributed by atoms with Gasteiger partial charge in [-0.1, -0.05) is 0 Å². The summed E-state index contributed by atoms with van der Waals surface area (Å²) in [5.74, 6) is 0. The summed E-state index contributed by atoms with van der Waals surface area (Å²) in [4.78, 5) is 0. The van der Waals surface area contributed by atoms with Gasteiger partial charge < -0.3 is 25.0 Å². The van der Waals surface area contributed by atoms with Crippen LogP contribution in [-0.4, -0.2) is 43.7 Å². The van der Waals surface area contributed by atoms with Gasteiger partial charge in [0.1, 0.15) is 0 Å². The molecule has 0 spiro atoms. The molecule has 3 heterocycles. The Kier molecular flexibility index (Phi) is 3.09. The maximum absolute atomic E-state index is 5.75. The van der Waals surface area contributed by atoms with Gasteiger partial charge in [-0.15, -0.1) is 0 Å². The first-order chi connectivity index (χ1) is 6.55. The van der Waals surface area contributed by atoms with Crippen molar-refractivity contribution in [2.75, 3.05) is 6.61 Å². The third-order valence-corrected chi connectivity index (χ3v) is 14.9. The van der Waals surface area contributed by atoms with Crippen LogP contribution in [0.3, 0.4) is 0 Å². The summed E-state index contributed by atoms with van der Waals surface area (Å²) in [5.41, 5.74) is 0. The predicted octanol–water partition coefficient (Wildman–Crippen LogP) is -1.01.